The molecule has 0 saturated carbocycles. The summed E-state index contributed by atoms with van der Waals surface area (Å²) < 4.78 is 5.91. The first kappa shape index (κ1) is 42.7. The molecule has 15 heteroatoms. The third-order valence-electron chi connectivity index (χ3n) is 10.2. The van der Waals surface area contributed by atoms with E-state index >= 15 is 0 Å². The Balaban J connectivity index is 0.941. The van der Waals surface area contributed by atoms with Gasteiger partial charge < -0.3 is 41.5 Å². The summed E-state index contributed by atoms with van der Waals surface area (Å²) in [7, 11) is 0. The Kier molecular flexibility index (Phi) is 13.9. The molecule has 0 radical (unpaired) electrons. The summed E-state index contributed by atoms with van der Waals surface area (Å²) in [5.74, 6) is -0.405. The highest BCUT2D eigenvalue weighted by Crippen LogP contribution is 2.31. The van der Waals surface area contributed by atoms with Gasteiger partial charge in [-0.3, -0.25) is 14.4 Å². The van der Waals surface area contributed by atoms with Gasteiger partial charge in [0.05, 0.1) is 28.8 Å². The minimum atomic E-state index is -0.902. The van der Waals surface area contributed by atoms with Crippen LogP contribution in [0.3, 0.4) is 0 Å². The molecule has 3 heterocycles. The molecule has 310 valence electrons. The van der Waals surface area contributed by atoms with Gasteiger partial charge in [0.25, 0.3) is 0 Å². The largest absolute Gasteiger partial charge is 0.507 e. The third kappa shape index (κ3) is 11.2. The molecule has 2 aromatic heterocycles. The molecule has 0 unspecified atom stereocenters. The van der Waals surface area contributed by atoms with Gasteiger partial charge in [-0.25, -0.2) is 4.98 Å². The highest BCUT2D eigenvalue weighted by Gasteiger charge is 2.44. The molecule has 1 saturated heterocycles. The van der Waals surface area contributed by atoms with Crippen molar-refractivity contribution in [3.63, 3.8) is 0 Å². The van der Waals surface area contributed by atoms with Crippen LogP contribution in [-0.4, -0.2) is 85.9 Å². The lowest BCUT2D eigenvalue weighted by atomic mass is 9.85. The first-order valence-corrected chi connectivity index (χ1v) is 20.5. The van der Waals surface area contributed by atoms with Crippen molar-refractivity contribution >= 4 is 34.9 Å². The number of carbonyl (C=O) groups is 3. The maximum absolute atomic E-state index is 14.0. The molecule has 7 N–H and O–H groups in total. The smallest absolute Gasteiger partial charge is 0.246 e. The number of aryl methyl sites for hydroxylation is 1. The molecule has 3 atom stereocenters. The summed E-state index contributed by atoms with van der Waals surface area (Å²) in [6.07, 6.45) is 0.0301. The standard InChI is InChI=1S/C44H52N8O6S/c1-27-39(59-26-48-27)31-15-13-30(14-16-31)24-47-42(56)35-21-32(53)25-52(35)43(57)40(44(2,3)4)49-38(55)17-19-46-23-29-11-9-28(10-12-29)18-20-58-37-22-34(50-51-41(37)45)33-7-5-6-8-36(33)54/h5-16,22,26,32,35,40,46,53-54H,17-21,23-25H2,1-4H3,(H2,45,51)(H,47,56)(H,49,55)/t32-,35+,40-/m1/s1. The molecular weight excluding hydrogens is 769 g/mol. The number of rotatable bonds is 16. The Hall–Kier alpha value is -5.90. The quantitative estimate of drug-likeness (QED) is 0.0748. The van der Waals surface area contributed by atoms with Crippen LogP contribution in [0, 0.1) is 12.3 Å². The number of anilines is 1. The number of phenols is 1. The average molecular weight is 821 g/mol. The lowest BCUT2D eigenvalue weighted by molar-refractivity contribution is -0.144. The number of amides is 3. The van der Waals surface area contributed by atoms with Crippen LogP contribution in [0.2, 0.25) is 0 Å². The van der Waals surface area contributed by atoms with E-state index in [2.05, 4.69) is 31.1 Å². The molecule has 0 bridgehead atoms. The Morgan fingerprint density at radius 2 is 1.68 bits per heavy atom. The number of aromatic nitrogens is 3. The molecule has 5 aromatic rings. The van der Waals surface area contributed by atoms with Crippen LogP contribution in [0.5, 0.6) is 11.5 Å². The maximum Gasteiger partial charge on any atom is 0.246 e. The van der Waals surface area contributed by atoms with Crippen molar-refractivity contribution in [2.45, 2.75) is 78.2 Å². The molecule has 1 aliphatic heterocycles. The molecule has 3 aromatic carbocycles. The van der Waals surface area contributed by atoms with Crippen LogP contribution in [-0.2, 0) is 33.9 Å². The van der Waals surface area contributed by atoms with Crippen molar-refractivity contribution in [1.29, 1.82) is 0 Å². The maximum atomic E-state index is 14.0. The summed E-state index contributed by atoms with van der Waals surface area (Å²) in [6.45, 7) is 9.12. The van der Waals surface area contributed by atoms with Gasteiger partial charge in [0.1, 0.15) is 23.5 Å². The second-order valence-electron chi connectivity index (χ2n) is 15.8. The first-order chi connectivity index (χ1) is 28.3. The van der Waals surface area contributed by atoms with E-state index in [1.807, 2.05) is 81.7 Å². The van der Waals surface area contributed by atoms with Crippen molar-refractivity contribution in [1.82, 2.24) is 36.0 Å². The van der Waals surface area contributed by atoms with Gasteiger partial charge in [-0.2, -0.15) is 0 Å². The molecule has 59 heavy (non-hydrogen) atoms. The topological polar surface area (TPSA) is 205 Å². The molecule has 3 amide bonds. The molecule has 0 aliphatic carbocycles. The van der Waals surface area contributed by atoms with Crippen molar-refractivity contribution < 1.29 is 29.3 Å². The Bertz CT molecular complexity index is 2220. The van der Waals surface area contributed by atoms with Crippen molar-refractivity contribution in [3.8, 4) is 33.2 Å². The molecule has 14 nitrogen and oxygen atoms in total. The van der Waals surface area contributed by atoms with Crippen LogP contribution in [0.15, 0.2) is 84.4 Å². The van der Waals surface area contributed by atoms with Gasteiger partial charge >= 0.3 is 0 Å². The fraction of sp³-hybridized carbons (Fsp3) is 0.364. The molecular formula is C44H52N8O6S. The number of nitrogens with two attached hydrogens (primary N) is 1. The zero-order valence-electron chi connectivity index (χ0n) is 33.8. The summed E-state index contributed by atoms with van der Waals surface area (Å²) in [6, 6.07) is 22.7. The highest BCUT2D eigenvalue weighted by atomic mass is 32.1. The van der Waals surface area contributed by atoms with Crippen LogP contribution in [0.25, 0.3) is 21.7 Å². The Morgan fingerprint density at radius 1 is 0.983 bits per heavy atom. The summed E-state index contributed by atoms with van der Waals surface area (Å²) in [5.41, 5.74) is 13.2. The van der Waals surface area contributed by atoms with Gasteiger partial charge in [0, 0.05) is 57.1 Å². The number of nitrogen functional groups attached to an aromatic ring is 1. The number of para-hydroxylation sites is 1. The van der Waals surface area contributed by atoms with Crippen LogP contribution in [0.1, 0.15) is 56.0 Å². The van der Waals surface area contributed by atoms with Crippen molar-refractivity contribution in [2.24, 2.45) is 5.41 Å². The number of ether oxygens (including phenoxy) is 1. The second kappa shape index (κ2) is 19.2. The number of β-amino-alcohol motifs (C(OH)–C–C–N with tert-alkyl or cyclic N) is 1. The number of hydrogen-bond donors (Lipinski definition) is 6. The minimum absolute atomic E-state index is 0.00814. The molecule has 0 spiro atoms. The fourth-order valence-electron chi connectivity index (χ4n) is 6.87. The van der Waals surface area contributed by atoms with Crippen LogP contribution < -0.4 is 26.4 Å². The highest BCUT2D eigenvalue weighted by molar-refractivity contribution is 7.13. The zero-order valence-corrected chi connectivity index (χ0v) is 34.6. The zero-order chi connectivity index (χ0) is 42.1. The number of aliphatic hydroxyl groups excluding tert-OH is 1. The number of carbonyl (C=O) groups excluding carboxylic acids is 3. The Morgan fingerprint density at radius 3 is 2.37 bits per heavy atom. The number of thiazole rings is 1. The molecule has 6 rings (SSSR count). The Labute approximate surface area is 348 Å². The van der Waals surface area contributed by atoms with E-state index in [1.165, 1.54) is 4.90 Å². The van der Waals surface area contributed by atoms with E-state index in [-0.39, 0.29) is 49.3 Å². The van der Waals surface area contributed by atoms with E-state index in [4.69, 9.17) is 10.5 Å². The predicted octanol–water partition coefficient (Wildman–Crippen LogP) is 4.77. The summed E-state index contributed by atoms with van der Waals surface area (Å²) in [5, 5.41) is 37.9. The van der Waals surface area contributed by atoms with Crippen molar-refractivity contribution in [2.75, 3.05) is 25.4 Å². The van der Waals surface area contributed by atoms with E-state index in [0.717, 1.165) is 32.8 Å². The van der Waals surface area contributed by atoms with Gasteiger partial charge in [-0.1, -0.05) is 81.4 Å². The van der Waals surface area contributed by atoms with E-state index in [9.17, 15) is 24.6 Å². The van der Waals surface area contributed by atoms with Gasteiger partial charge in [0.15, 0.2) is 11.6 Å². The van der Waals surface area contributed by atoms with Gasteiger partial charge in [-0.15, -0.1) is 21.5 Å². The lowest BCUT2D eigenvalue weighted by Crippen LogP contribution is -2.57. The number of nitrogens with zero attached hydrogens (tertiary/aromatic N) is 4. The SMILES string of the molecule is Cc1ncsc1-c1ccc(CNC(=O)[C@@H]2C[C@@H](O)CN2C(=O)[C@@H](NC(=O)CCNCc2ccc(CCOc3cc(-c4ccccc4O)nnc3N)cc2)C(C)(C)C)cc1. The number of likely N-dealkylation sites (tertiary alicyclic amines) is 1. The number of phenolic OH excluding ortho intramolecular Hbond substituents is 1. The normalized spacial score (nSPS) is 15.8. The molecule has 1 aliphatic rings. The minimum Gasteiger partial charge on any atom is -0.507 e. The van der Waals surface area contributed by atoms with E-state index < -0.39 is 29.5 Å². The second-order valence-corrected chi connectivity index (χ2v) is 16.6. The van der Waals surface area contributed by atoms with Crippen LogP contribution >= 0.6 is 11.3 Å². The van der Waals surface area contributed by atoms with E-state index in [0.29, 0.717) is 43.1 Å². The van der Waals surface area contributed by atoms with Crippen molar-refractivity contribution in [3.05, 3.63) is 107 Å². The lowest BCUT2D eigenvalue weighted by Gasteiger charge is -2.35. The first-order valence-electron chi connectivity index (χ1n) is 19.6. The number of nitrogens with one attached hydrogen (secondary N) is 3. The van der Waals surface area contributed by atoms with Gasteiger partial charge in [0.2, 0.25) is 17.7 Å². The summed E-state index contributed by atoms with van der Waals surface area (Å²) >= 11 is 1.58. The molecule has 1 fully saturated rings. The number of aliphatic hydroxyl groups is 1. The third-order valence-corrected chi connectivity index (χ3v) is 11.2. The number of benzene rings is 3. The van der Waals surface area contributed by atoms with E-state index in [1.54, 1.807) is 41.7 Å². The number of aromatic hydroxyl groups is 1. The average Bonchev–Trinajstić information content (AvgIpc) is 3.83. The predicted molar refractivity (Wildman–Crippen MR) is 227 cm³/mol. The monoisotopic (exact) mass is 820 g/mol. The summed E-state index contributed by atoms with van der Waals surface area (Å²) in [4.78, 5) is 47.4. The fourth-order valence-corrected chi connectivity index (χ4v) is 7.68. The number of hydrogen-bond acceptors (Lipinski definition) is 12. The van der Waals surface area contributed by atoms with Gasteiger partial charge in [-0.05, 0) is 46.7 Å². The van der Waals surface area contributed by atoms with Crippen LogP contribution in [0.4, 0.5) is 5.82 Å².